The van der Waals surface area contributed by atoms with Crippen molar-refractivity contribution in [1.82, 2.24) is 19.7 Å². The van der Waals surface area contributed by atoms with Gasteiger partial charge in [-0.2, -0.15) is 0 Å². The van der Waals surface area contributed by atoms with E-state index in [1.54, 1.807) is 41.3 Å². The highest BCUT2D eigenvalue weighted by molar-refractivity contribution is 6.33. The van der Waals surface area contributed by atoms with Gasteiger partial charge >= 0.3 is 5.76 Å². The number of para-hydroxylation sites is 2. The molecule has 8 nitrogen and oxygen atoms in total. The molecule has 0 saturated carbocycles. The number of carbonyl (C=O) groups is 1. The third-order valence-electron chi connectivity index (χ3n) is 4.69. The Morgan fingerprint density at radius 3 is 2.60 bits per heavy atom. The average Bonchev–Trinajstić information content (AvgIpc) is 3.31. The minimum atomic E-state index is -0.577. The summed E-state index contributed by atoms with van der Waals surface area (Å²) in [7, 11) is 0. The highest BCUT2D eigenvalue weighted by Gasteiger charge is 2.23. The van der Waals surface area contributed by atoms with Crippen LogP contribution in [0.2, 0.25) is 5.02 Å². The van der Waals surface area contributed by atoms with Gasteiger partial charge in [0, 0.05) is 6.04 Å². The lowest BCUT2D eigenvalue weighted by molar-refractivity contribution is -0.134. The summed E-state index contributed by atoms with van der Waals surface area (Å²) in [4.78, 5) is 26.8. The van der Waals surface area contributed by atoms with Crippen molar-refractivity contribution in [1.29, 1.82) is 0 Å². The van der Waals surface area contributed by atoms with Gasteiger partial charge in [0.1, 0.15) is 6.54 Å². The van der Waals surface area contributed by atoms with Gasteiger partial charge in [-0.15, -0.1) is 10.2 Å². The zero-order valence-corrected chi connectivity index (χ0v) is 17.2. The minimum Gasteiger partial charge on any atom is -0.419 e. The van der Waals surface area contributed by atoms with Crippen LogP contribution in [0.15, 0.2) is 62.2 Å². The molecular weight excluding hydrogens is 408 g/mol. The maximum atomic E-state index is 13.0. The molecule has 9 heteroatoms. The Bertz CT molecular complexity index is 1260. The smallest absolute Gasteiger partial charge is 0.419 e. The quantitative estimate of drug-likeness (QED) is 0.466. The summed E-state index contributed by atoms with van der Waals surface area (Å²) in [6.07, 6.45) is 0. The number of amides is 1. The van der Waals surface area contributed by atoms with Crippen LogP contribution in [0.3, 0.4) is 0 Å². The standard InChI is InChI=1S/C21H19ClN4O4/c1-13(2)25(11-18-23-24-20(30-18)14-7-3-4-8-15(14)22)19(27)12-26-16-9-5-6-10-17(16)29-21(26)28/h3-10,13H,11-12H2,1-2H3. The van der Waals surface area contributed by atoms with Gasteiger partial charge in [0.25, 0.3) is 0 Å². The number of oxazole rings is 1. The second-order valence-electron chi connectivity index (χ2n) is 7.02. The number of fused-ring (bicyclic) bond motifs is 1. The van der Waals surface area contributed by atoms with E-state index < -0.39 is 5.76 Å². The van der Waals surface area contributed by atoms with Crippen LogP contribution in [0.25, 0.3) is 22.6 Å². The number of halogens is 1. The first-order chi connectivity index (χ1) is 14.4. The van der Waals surface area contributed by atoms with Crippen LogP contribution < -0.4 is 5.76 Å². The summed E-state index contributed by atoms with van der Waals surface area (Å²) >= 11 is 6.18. The van der Waals surface area contributed by atoms with Crippen molar-refractivity contribution in [3.05, 3.63) is 70.0 Å². The van der Waals surface area contributed by atoms with E-state index in [0.29, 0.717) is 21.7 Å². The van der Waals surface area contributed by atoms with Gasteiger partial charge in [0.15, 0.2) is 5.58 Å². The molecule has 4 rings (SSSR count). The summed E-state index contributed by atoms with van der Waals surface area (Å²) in [5.41, 5.74) is 1.63. The first kappa shape index (κ1) is 19.9. The molecule has 0 fully saturated rings. The molecule has 0 atom stereocenters. The zero-order valence-electron chi connectivity index (χ0n) is 16.4. The average molecular weight is 427 g/mol. The first-order valence-electron chi connectivity index (χ1n) is 9.39. The Morgan fingerprint density at radius 2 is 1.83 bits per heavy atom. The number of carbonyl (C=O) groups excluding carboxylic acids is 1. The van der Waals surface area contributed by atoms with Crippen LogP contribution in [0.5, 0.6) is 0 Å². The summed E-state index contributed by atoms with van der Waals surface area (Å²) in [6, 6.07) is 14.0. The van der Waals surface area contributed by atoms with Crippen molar-refractivity contribution >= 4 is 28.6 Å². The number of hydrogen-bond donors (Lipinski definition) is 0. The Hall–Kier alpha value is -3.39. The normalized spacial score (nSPS) is 11.3. The van der Waals surface area contributed by atoms with Gasteiger partial charge in [-0.05, 0) is 38.1 Å². The van der Waals surface area contributed by atoms with Crippen molar-refractivity contribution in [3.8, 4) is 11.5 Å². The fourth-order valence-electron chi connectivity index (χ4n) is 3.16. The maximum absolute atomic E-state index is 13.0. The Labute approximate surface area is 176 Å². The van der Waals surface area contributed by atoms with Gasteiger partial charge in [0.05, 0.1) is 22.6 Å². The zero-order chi connectivity index (χ0) is 21.3. The van der Waals surface area contributed by atoms with E-state index in [9.17, 15) is 9.59 Å². The monoisotopic (exact) mass is 426 g/mol. The molecule has 0 bridgehead atoms. The van der Waals surface area contributed by atoms with Gasteiger partial charge in [-0.3, -0.25) is 9.36 Å². The molecule has 2 heterocycles. The molecule has 0 radical (unpaired) electrons. The van der Waals surface area contributed by atoms with Crippen LogP contribution in [0, 0.1) is 0 Å². The highest BCUT2D eigenvalue weighted by Crippen LogP contribution is 2.26. The second-order valence-corrected chi connectivity index (χ2v) is 7.43. The topological polar surface area (TPSA) is 94.4 Å². The molecule has 0 N–H and O–H groups in total. The number of aromatic nitrogens is 3. The van der Waals surface area contributed by atoms with Gasteiger partial charge in [-0.25, -0.2) is 4.79 Å². The summed E-state index contributed by atoms with van der Waals surface area (Å²) < 4.78 is 12.2. The number of benzene rings is 2. The Balaban J connectivity index is 1.56. The van der Waals surface area contributed by atoms with Crippen molar-refractivity contribution in [3.63, 3.8) is 0 Å². The van der Waals surface area contributed by atoms with Crippen LogP contribution in [0.1, 0.15) is 19.7 Å². The van der Waals surface area contributed by atoms with Crippen LogP contribution in [-0.4, -0.2) is 31.6 Å². The van der Waals surface area contributed by atoms with E-state index >= 15 is 0 Å². The van der Waals surface area contributed by atoms with E-state index in [1.165, 1.54) is 4.57 Å². The fourth-order valence-corrected chi connectivity index (χ4v) is 3.37. The highest BCUT2D eigenvalue weighted by atomic mass is 35.5. The SMILES string of the molecule is CC(C)N(Cc1nnc(-c2ccccc2Cl)o1)C(=O)Cn1c(=O)oc2ccccc21. The molecular formula is C21H19ClN4O4. The predicted octanol–water partition coefficient (Wildman–Crippen LogP) is 3.74. The molecule has 30 heavy (non-hydrogen) atoms. The molecule has 154 valence electrons. The summed E-state index contributed by atoms with van der Waals surface area (Å²) in [5, 5.41) is 8.58. The van der Waals surface area contributed by atoms with Crippen LogP contribution in [-0.2, 0) is 17.9 Å². The number of hydrogen-bond acceptors (Lipinski definition) is 6. The third kappa shape index (κ3) is 3.86. The van der Waals surface area contributed by atoms with Gasteiger partial charge in [-0.1, -0.05) is 35.9 Å². The molecule has 0 spiro atoms. The van der Waals surface area contributed by atoms with E-state index in [4.69, 9.17) is 20.4 Å². The molecule has 0 aliphatic carbocycles. The molecule has 2 aromatic heterocycles. The van der Waals surface area contributed by atoms with E-state index in [1.807, 2.05) is 26.0 Å². The number of nitrogens with zero attached hydrogens (tertiary/aromatic N) is 4. The molecule has 1 amide bonds. The molecule has 2 aromatic carbocycles. The maximum Gasteiger partial charge on any atom is 0.420 e. The second kappa shape index (κ2) is 8.16. The minimum absolute atomic E-state index is 0.110. The lowest BCUT2D eigenvalue weighted by atomic mass is 10.2. The van der Waals surface area contributed by atoms with Crippen molar-refractivity contribution < 1.29 is 13.6 Å². The van der Waals surface area contributed by atoms with Crippen molar-refractivity contribution in [2.45, 2.75) is 33.0 Å². The van der Waals surface area contributed by atoms with Gasteiger partial charge in [0.2, 0.25) is 17.7 Å². The van der Waals surface area contributed by atoms with Crippen LogP contribution >= 0.6 is 11.6 Å². The van der Waals surface area contributed by atoms with E-state index in [-0.39, 0.29) is 36.8 Å². The predicted molar refractivity (Wildman–Crippen MR) is 111 cm³/mol. The summed E-state index contributed by atoms with van der Waals surface area (Å²) in [6.45, 7) is 3.71. The molecule has 0 unspecified atom stereocenters. The summed E-state index contributed by atoms with van der Waals surface area (Å²) in [5.74, 6) is -0.289. The fraction of sp³-hybridized carbons (Fsp3) is 0.238. The molecule has 0 saturated heterocycles. The van der Waals surface area contributed by atoms with Gasteiger partial charge < -0.3 is 13.7 Å². The van der Waals surface area contributed by atoms with E-state index in [0.717, 1.165) is 0 Å². The molecule has 4 aromatic rings. The van der Waals surface area contributed by atoms with Crippen LogP contribution in [0.4, 0.5) is 0 Å². The number of rotatable bonds is 6. The lowest BCUT2D eigenvalue weighted by Crippen LogP contribution is -2.39. The largest absolute Gasteiger partial charge is 0.420 e. The van der Waals surface area contributed by atoms with Crippen molar-refractivity contribution in [2.75, 3.05) is 0 Å². The molecule has 0 aliphatic rings. The Kier molecular flexibility index (Phi) is 5.41. The molecule has 0 aliphatic heterocycles. The first-order valence-corrected chi connectivity index (χ1v) is 9.77. The van der Waals surface area contributed by atoms with Crippen molar-refractivity contribution in [2.24, 2.45) is 0 Å². The lowest BCUT2D eigenvalue weighted by Gasteiger charge is -2.25. The Morgan fingerprint density at radius 1 is 1.10 bits per heavy atom. The van der Waals surface area contributed by atoms with E-state index in [2.05, 4.69) is 10.2 Å². The third-order valence-corrected chi connectivity index (χ3v) is 5.02.